The third kappa shape index (κ3) is 8.22. The van der Waals surface area contributed by atoms with Gasteiger partial charge in [-0.25, -0.2) is 15.0 Å². The maximum Gasteiger partial charge on any atom is 0.0716 e. The van der Waals surface area contributed by atoms with Crippen molar-refractivity contribution in [3.05, 3.63) is 259 Å². The molecule has 19 rings (SSSR count). The van der Waals surface area contributed by atoms with Gasteiger partial charge in [0, 0.05) is 83.7 Å². The van der Waals surface area contributed by atoms with Crippen LogP contribution in [0.2, 0.25) is 0 Å². The number of para-hydroxylation sites is 3. The van der Waals surface area contributed by atoms with Crippen LogP contribution in [0.5, 0.6) is 0 Å². The van der Waals surface area contributed by atoms with Crippen LogP contribution in [0.3, 0.4) is 0 Å². The summed E-state index contributed by atoms with van der Waals surface area (Å²) >= 11 is 0. The second-order valence-corrected chi connectivity index (χ2v) is 30.7. The van der Waals surface area contributed by atoms with E-state index in [0.717, 1.165) is 106 Å². The highest BCUT2D eigenvalue weighted by molar-refractivity contribution is 6.29. The Morgan fingerprint density at radius 1 is 0.268 bits per heavy atom. The monoisotopic (exact) mass is 1260 g/mol. The van der Waals surface area contributed by atoms with Gasteiger partial charge in [0.05, 0.1) is 50.8 Å². The molecule has 6 nitrogen and oxygen atoms in total. The fraction of sp³-hybridized carbons (Fsp3) is 0.264. The third-order valence-corrected chi connectivity index (χ3v) is 26.1. The van der Waals surface area contributed by atoms with Crippen molar-refractivity contribution >= 4 is 66.4 Å². The summed E-state index contributed by atoms with van der Waals surface area (Å²) in [6.45, 7) is 15.1. The van der Waals surface area contributed by atoms with E-state index in [4.69, 9.17) is 15.0 Å². The summed E-state index contributed by atoms with van der Waals surface area (Å²) in [5.74, 6) is 0. The largest absolute Gasteiger partial charge is 0.334 e. The van der Waals surface area contributed by atoms with E-state index >= 15 is 0 Å². The van der Waals surface area contributed by atoms with E-state index in [1.54, 1.807) is 0 Å². The summed E-state index contributed by atoms with van der Waals surface area (Å²) in [6.07, 6.45) is 14.3. The van der Waals surface area contributed by atoms with E-state index in [1.807, 2.05) is 0 Å². The summed E-state index contributed by atoms with van der Waals surface area (Å²) in [7, 11) is 0. The summed E-state index contributed by atoms with van der Waals surface area (Å²) in [5.41, 5.74) is 24.4. The maximum absolute atomic E-state index is 5.77. The quantitative estimate of drug-likeness (QED) is 0.134. The Labute approximate surface area is 571 Å². The van der Waals surface area contributed by atoms with Crippen molar-refractivity contribution in [3.8, 4) is 67.5 Å². The molecule has 3 aromatic heterocycles. The van der Waals surface area contributed by atoms with E-state index in [1.165, 1.54) is 122 Å². The second kappa shape index (κ2) is 21.3. The van der Waals surface area contributed by atoms with Crippen LogP contribution in [-0.2, 0) is 16.2 Å². The number of nitrogens with zero attached hydrogens (tertiary/aromatic N) is 6. The lowest BCUT2D eigenvalue weighted by atomic mass is 9.61. The molecule has 0 bridgehead atoms. The number of hydrogen-bond donors (Lipinski definition) is 0. The molecule has 476 valence electrons. The predicted molar refractivity (Wildman–Crippen MR) is 405 cm³/mol. The molecule has 6 aliphatic rings. The molecule has 0 radical (unpaired) electrons. The molecule has 3 fully saturated rings. The lowest BCUT2D eigenvalue weighted by Crippen LogP contribution is -2.54. The first kappa shape index (κ1) is 58.4. The lowest BCUT2D eigenvalue weighted by molar-refractivity contribution is 0.195. The van der Waals surface area contributed by atoms with Gasteiger partial charge in [-0.05, 0) is 224 Å². The number of aromatic nitrogens is 3. The summed E-state index contributed by atoms with van der Waals surface area (Å²) < 4.78 is 0. The van der Waals surface area contributed by atoms with Gasteiger partial charge in [0.1, 0.15) is 0 Å². The Kier molecular flexibility index (Phi) is 12.8. The van der Waals surface area contributed by atoms with Crippen LogP contribution in [-0.4, -0.2) is 31.6 Å². The molecule has 6 atom stereocenters. The minimum Gasteiger partial charge on any atom is -0.334 e. The number of anilines is 6. The molecule has 13 aromatic rings. The predicted octanol–water partition coefficient (Wildman–Crippen LogP) is 24.0. The summed E-state index contributed by atoms with van der Waals surface area (Å²) in [4.78, 5) is 25.2. The minimum absolute atomic E-state index is 0.00709. The van der Waals surface area contributed by atoms with Gasteiger partial charge in [-0.15, -0.1) is 0 Å². The topological polar surface area (TPSA) is 48.4 Å². The highest BCUT2D eigenvalue weighted by Crippen LogP contribution is 2.65. The van der Waals surface area contributed by atoms with Gasteiger partial charge in [0.2, 0.25) is 0 Å². The van der Waals surface area contributed by atoms with Crippen LogP contribution in [0.15, 0.2) is 243 Å². The Balaban J connectivity index is 0.767. The molecule has 0 N–H and O–H groups in total. The number of pyridine rings is 3. The standard InChI is InChI=1S/C91H82N6/c1-86-49-16-19-52-89(86,4)95(63-25-10-7-11-26-63)81-46-39-60(55-72(81)86)75-31-22-34-78(92-75)66-42-37-59-38-43-68-70(79-35-23-32-76(93-79)61-40-47-82-73(56-61)87(2)50-17-20-53-90(87,5)96(82)64-27-12-8-13-28-64)58-71(69-45-44-67(66)84(59)85(68)69)80-36-24-33-77(94-80)62-41-48-83-74(57-62)88(3)51-18-21-54-91(88,6)97(83)65-29-14-9-15-30-65/h7-15,22-48,55-58H,16-21,49-54H2,1-6H3. The van der Waals surface area contributed by atoms with Gasteiger partial charge in [-0.2, -0.15) is 0 Å². The number of fused-ring (bicyclic) bond motifs is 9. The Morgan fingerprint density at radius 2 is 0.588 bits per heavy atom. The lowest BCUT2D eigenvalue weighted by Gasteiger charge is -2.50. The van der Waals surface area contributed by atoms with Gasteiger partial charge in [0.15, 0.2) is 0 Å². The first-order chi connectivity index (χ1) is 47.3. The van der Waals surface area contributed by atoms with Crippen molar-refractivity contribution in [3.63, 3.8) is 0 Å². The molecule has 6 heteroatoms. The summed E-state index contributed by atoms with van der Waals surface area (Å²) in [5, 5.41) is 7.17. The molecule has 0 spiro atoms. The molecular weight excluding hydrogens is 1180 g/mol. The average Bonchev–Trinajstić information content (AvgIpc) is 1.60. The average molecular weight is 1260 g/mol. The van der Waals surface area contributed by atoms with Gasteiger partial charge < -0.3 is 14.7 Å². The SMILES string of the molecule is CC12CCCCC1(C)N(c1ccccc1)c1ccc(-c3cccc(-c4ccc5ccc6c(-c7cccc(-c8ccc9c(c8)C8(C)CCCCC8(C)N9c8ccccc8)n7)cc(-c7cccc(-c8ccc9c(c8)C8(C)CCCCC8(C)N9c8ccccc8)n7)c7ccc4c5c67)n3)cc12. The molecule has 97 heavy (non-hydrogen) atoms. The van der Waals surface area contributed by atoms with Crippen molar-refractivity contribution in [2.45, 2.75) is 151 Å². The molecule has 6 unspecified atom stereocenters. The van der Waals surface area contributed by atoms with Crippen LogP contribution in [0.25, 0.3) is 99.9 Å². The Bertz CT molecular complexity index is 5140. The van der Waals surface area contributed by atoms with Crippen LogP contribution in [0.4, 0.5) is 34.1 Å². The molecule has 3 aliphatic heterocycles. The molecule has 0 saturated heterocycles. The molecule has 3 aliphatic carbocycles. The van der Waals surface area contributed by atoms with Crippen molar-refractivity contribution in [1.29, 1.82) is 0 Å². The molecule has 10 aromatic carbocycles. The van der Waals surface area contributed by atoms with Crippen LogP contribution in [0.1, 0.15) is 135 Å². The minimum atomic E-state index is -0.0474. The van der Waals surface area contributed by atoms with Crippen LogP contribution in [0, 0.1) is 0 Å². The van der Waals surface area contributed by atoms with Crippen molar-refractivity contribution in [2.24, 2.45) is 0 Å². The molecule has 6 heterocycles. The number of hydrogen-bond acceptors (Lipinski definition) is 6. The normalized spacial score (nSPS) is 24.7. The van der Waals surface area contributed by atoms with E-state index in [2.05, 4.69) is 299 Å². The van der Waals surface area contributed by atoms with Gasteiger partial charge in [-0.1, -0.05) is 187 Å². The molecule has 0 amide bonds. The first-order valence-corrected chi connectivity index (χ1v) is 36.0. The van der Waals surface area contributed by atoms with E-state index in [9.17, 15) is 0 Å². The van der Waals surface area contributed by atoms with Crippen LogP contribution < -0.4 is 14.7 Å². The van der Waals surface area contributed by atoms with Crippen molar-refractivity contribution in [1.82, 2.24) is 15.0 Å². The van der Waals surface area contributed by atoms with Crippen molar-refractivity contribution in [2.75, 3.05) is 14.7 Å². The fourth-order valence-electron chi connectivity index (χ4n) is 20.4. The van der Waals surface area contributed by atoms with Crippen LogP contribution >= 0.6 is 0 Å². The van der Waals surface area contributed by atoms with Gasteiger partial charge in [0.25, 0.3) is 0 Å². The first-order valence-electron chi connectivity index (χ1n) is 36.0. The zero-order valence-electron chi connectivity index (χ0n) is 56.8. The fourth-order valence-corrected chi connectivity index (χ4v) is 20.4. The van der Waals surface area contributed by atoms with Gasteiger partial charge >= 0.3 is 0 Å². The van der Waals surface area contributed by atoms with Crippen molar-refractivity contribution < 1.29 is 0 Å². The van der Waals surface area contributed by atoms with E-state index < -0.39 is 0 Å². The maximum atomic E-state index is 5.77. The number of rotatable bonds is 9. The smallest absolute Gasteiger partial charge is 0.0716 e. The Hall–Kier alpha value is -9.91. The zero-order valence-corrected chi connectivity index (χ0v) is 56.8. The van der Waals surface area contributed by atoms with E-state index in [-0.39, 0.29) is 32.9 Å². The molecular formula is C91H82N6. The second-order valence-electron chi connectivity index (χ2n) is 30.7. The zero-order chi connectivity index (χ0) is 65.2. The molecule has 3 saturated carbocycles. The Morgan fingerprint density at radius 3 is 0.969 bits per heavy atom. The number of benzene rings is 10. The highest BCUT2D eigenvalue weighted by atomic mass is 15.3. The third-order valence-electron chi connectivity index (χ3n) is 26.1. The summed E-state index contributed by atoms with van der Waals surface area (Å²) in [6, 6.07) is 91.2. The van der Waals surface area contributed by atoms with E-state index in [0.29, 0.717) is 0 Å². The van der Waals surface area contributed by atoms with Gasteiger partial charge in [-0.3, -0.25) is 0 Å². The highest BCUT2D eigenvalue weighted by Gasteiger charge is 2.60.